The van der Waals surface area contributed by atoms with Crippen molar-refractivity contribution < 1.29 is 26.9 Å². The SMILES string of the molecule is Cc1ccc(S(=O)(=O)OC23CCC(O2)C2(C)C(=O)OCC32)cc1. The van der Waals surface area contributed by atoms with Crippen molar-refractivity contribution in [1.82, 2.24) is 0 Å². The first-order valence-electron chi connectivity index (χ1n) is 7.65. The van der Waals surface area contributed by atoms with Gasteiger partial charge in [0.05, 0.1) is 16.9 Å². The summed E-state index contributed by atoms with van der Waals surface area (Å²) in [7, 11) is -3.98. The lowest BCUT2D eigenvalue weighted by Gasteiger charge is -2.33. The van der Waals surface area contributed by atoms with Crippen molar-refractivity contribution in [1.29, 1.82) is 0 Å². The fourth-order valence-corrected chi connectivity index (χ4v) is 5.17. The van der Waals surface area contributed by atoms with Gasteiger partial charge in [-0.2, -0.15) is 8.42 Å². The van der Waals surface area contributed by atoms with Crippen molar-refractivity contribution >= 4 is 16.1 Å². The van der Waals surface area contributed by atoms with E-state index in [1.165, 1.54) is 12.1 Å². The van der Waals surface area contributed by atoms with E-state index in [2.05, 4.69) is 0 Å². The van der Waals surface area contributed by atoms with E-state index in [-0.39, 0.29) is 23.6 Å². The van der Waals surface area contributed by atoms with Crippen LogP contribution in [0, 0.1) is 18.3 Å². The molecular formula is C16H18O6S. The van der Waals surface area contributed by atoms with Gasteiger partial charge in [0.2, 0.25) is 0 Å². The van der Waals surface area contributed by atoms with Crippen molar-refractivity contribution in [2.75, 3.05) is 6.61 Å². The molecule has 3 heterocycles. The predicted octanol–water partition coefficient (Wildman–Crippen LogP) is 1.77. The molecule has 4 unspecified atom stereocenters. The molecule has 4 atom stereocenters. The van der Waals surface area contributed by atoms with Crippen molar-refractivity contribution in [2.45, 2.75) is 43.5 Å². The third-order valence-corrected chi connectivity index (χ3v) is 6.75. The minimum atomic E-state index is -3.98. The first-order valence-corrected chi connectivity index (χ1v) is 9.06. The van der Waals surface area contributed by atoms with Crippen LogP contribution in [0.4, 0.5) is 0 Å². The summed E-state index contributed by atoms with van der Waals surface area (Å²) in [6.45, 7) is 3.79. The van der Waals surface area contributed by atoms with Gasteiger partial charge in [0.1, 0.15) is 12.0 Å². The van der Waals surface area contributed by atoms with Gasteiger partial charge in [-0.3, -0.25) is 4.79 Å². The third-order valence-electron chi connectivity index (χ3n) is 5.40. The Labute approximate surface area is 134 Å². The second-order valence-corrected chi connectivity index (χ2v) is 8.29. The molecule has 3 saturated heterocycles. The fourth-order valence-electron chi connectivity index (χ4n) is 4.00. The number of esters is 1. The lowest BCUT2D eigenvalue weighted by atomic mass is 9.68. The number of hydrogen-bond donors (Lipinski definition) is 0. The van der Waals surface area contributed by atoms with Crippen LogP contribution >= 0.6 is 0 Å². The molecule has 3 aliphatic heterocycles. The van der Waals surface area contributed by atoms with Crippen LogP contribution < -0.4 is 0 Å². The summed E-state index contributed by atoms with van der Waals surface area (Å²) < 4.78 is 41.9. The minimum Gasteiger partial charge on any atom is -0.465 e. The Bertz CT molecular complexity index is 770. The van der Waals surface area contributed by atoms with Crippen molar-refractivity contribution in [3.05, 3.63) is 29.8 Å². The smallest absolute Gasteiger partial charge is 0.315 e. The van der Waals surface area contributed by atoms with E-state index in [9.17, 15) is 13.2 Å². The summed E-state index contributed by atoms with van der Waals surface area (Å²) in [6.07, 6.45) is 0.682. The molecule has 0 aliphatic carbocycles. The van der Waals surface area contributed by atoms with Gasteiger partial charge in [0.15, 0.2) is 5.79 Å². The monoisotopic (exact) mass is 338 g/mol. The summed E-state index contributed by atoms with van der Waals surface area (Å²) in [5.41, 5.74) is 0.142. The van der Waals surface area contributed by atoms with E-state index in [4.69, 9.17) is 13.7 Å². The van der Waals surface area contributed by atoms with E-state index in [1.807, 2.05) is 6.92 Å². The molecule has 3 fully saturated rings. The molecule has 23 heavy (non-hydrogen) atoms. The van der Waals surface area contributed by atoms with Gasteiger partial charge < -0.3 is 9.47 Å². The van der Waals surface area contributed by atoms with Crippen LogP contribution in [0.1, 0.15) is 25.3 Å². The predicted molar refractivity (Wildman–Crippen MR) is 78.8 cm³/mol. The zero-order valence-electron chi connectivity index (χ0n) is 12.9. The molecule has 3 aliphatic rings. The first-order chi connectivity index (χ1) is 10.8. The van der Waals surface area contributed by atoms with Gasteiger partial charge >= 0.3 is 5.97 Å². The highest BCUT2D eigenvalue weighted by molar-refractivity contribution is 7.86. The molecular weight excluding hydrogens is 320 g/mol. The van der Waals surface area contributed by atoms with E-state index < -0.39 is 27.2 Å². The van der Waals surface area contributed by atoms with Crippen molar-refractivity contribution in [3.8, 4) is 0 Å². The fraction of sp³-hybridized carbons (Fsp3) is 0.562. The van der Waals surface area contributed by atoms with Crippen LogP contribution in [0.15, 0.2) is 29.2 Å². The highest BCUT2D eigenvalue weighted by atomic mass is 32.2. The number of rotatable bonds is 3. The third kappa shape index (κ3) is 1.93. The Morgan fingerprint density at radius 2 is 1.96 bits per heavy atom. The molecule has 2 bridgehead atoms. The Morgan fingerprint density at radius 1 is 1.26 bits per heavy atom. The summed E-state index contributed by atoms with van der Waals surface area (Å²) in [4.78, 5) is 12.2. The molecule has 0 amide bonds. The van der Waals surface area contributed by atoms with Crippen LogP contribution in [-0.4, -0.2) is 32.9 Å². The molecule has 0 aromatic heterocycles. The second kappa shape index (κ2) is 4.55. The summed E-state index contributed by atoms with van der Waals surface area (Å²) >= 11 is 0. The standard InChI is InChI=1S/C16H18O6S/c1-10-3-5-11(6-4-10)23(18,19)22-16-8-7-13(21-16)15(2)12(16)9-20-14(15)17/h3-6,12-13H,7-9H2,1-2H3. The summed E-state index contributed by atoms with van der Waals surface area (Å²) in [5.74, 6) is -2.03. The Hall–Kier alpha value is -1.44. The summed E-state index contributed by atoms with van der Waals surface area (Å²) in [6, 6.07) is 6.46. The van der Waals surface area contributed by atoms with Gasteiger partial charge in [-0.15, -0.1) is 0 Å². The van der Waals surface area contributed by atoms with Gasteiger partial charge in [-0.25, -0.2) is 4.18 Å². The maximum absolute atomic E-state index is 12.6. The molecule has 0 saturated carbocycles. The van der Waals surface area contributed by atoms with E-state index in [1.54, 1.807) is 19.1 Å². The Balaban J connectivity index is 1.69. The number of hydrogen-bond acceptors (Lipinski definition) is 6. The van der Waals surface area contributed by atoms with E-state index >= 15 is 0 Å². The van der Waals surface area contributed by atoms with Crippen LogP contribution in [0.3, 0.4) is 0 Å². The normalized spacial score (nSPS) is 38.6. The minimum absolute atomic E-state index is 0.0865. The van der Waals surface area contributed by atoms with Gasteiger partial charge in [0.25, 0.3) is 10.1 Å². The molecule has 4 rings (SSSR count). The zero-order chi connectivity index (χ0) is 16.5. The number of cyclic esters (lactones) is 1. The van der Waals surface area contributed by atoms with Crippen LogP contribution in [0.5, 0.6) is 0 Å². The number of carbonyl (C=O) groups excluding carboxylic acids is 1. The molecule has 0 radical (unpaired) electrons. The largest absolute Gasteiger partial charge is 0.465 e. The van der Waals surface area contributed by atoms with E-state index in [0.717, 1.165) is 5.56 Å². The van der Waals surface area contributed by atoms with Crippen LogP contribution in [0.25, 0.3) is 0 Å². The Kier molecular flexibility index (Phi) is 2.99. The van der Waals surface area contributed by atoms with Gasteiger partial charge in [-0.1, -0.05) is 17.7 Å². The number of benzene rings is 1. The zero-order valence-corrected chi connectivity index (χ0v) is 13.8. The molecule has 1 aromatic rings. The lowest BCUT2D eigenvalue weighted by Crippen LogP contribution is -2.46. The molecule has 0 spiro atoms. The second-order valence-electron chi connectivity index (χ2n) is 6.74. The first kappa shape index (κ1) is 15.1. The quantitative estimate of drug-likeness (QED) is 0.617. The molecule has 1 aromatic carbocycles. The number of aryl methyl sites for hydroxylation is 1. The highest BCUT2D eigenvalue weighted by Crippen LogP contribution is 2.61. The van der Waals surface area contributed by atoms with E-state index in [0.29, 0.717) is 12.8 Å². The summed E-state index contributed by atoms with van der Waals surface area (Å²) in [5, 5.41) is 0. The lowest BCUT2D eigenvalue weighted by molar-refractivity contribution is -0.166. The molecule has 7 heteroatoms. The molecule has 0 N–H and O–H groups in total. The van der Waals surface area contributed by atoms with Gasteiger partial charge in [-0.05, 0) is 32.4 Å². The highest BCUT2D eigenvalue weighted by Gasteiger charge is 2.74. The van der Waals surface area contributed by atoms with Crippen molar-refractivity contribution in [2.24, 2.45) is 11.3 Å². The van der Waals surface area contributed by atoms with Gasteiger partial charge in [0, 0.05) is 6.42 Å². The van der Waals surface area contributed by atoms with Crippen LogP contribution in [0.2, 0.25) is 0 Å². The molecule has 6 nitrogen and oxygen atoms in total. The number of ether oxygens (including phenoxy) is 2. The average molecular weight is 338 g/mol. The topological polar surface area (TPSA) is 78.9 Å². The average Bonchev–Trinajstić information content (AvgIpc) is 3.10. The maximum atomic E-state index is 12.6. The number of carbonyl (C=O) groups is 1. The van der Waals surface area contributed by atoms with Crippen LogP contribution in [-0.2, 0) is 28.6 Å². The number of fused-ring (bicyclic) bond motifs is 5. The van der Waals surface area contributed by atoms with Crippen molar-refractivity contribution in [3.63, 3.8) is 0 Å². The molecule has 124 valence electrons. The maximum Gasteiger partial charge on any atom is 0.315 e. The Morgan fingerprint density at radius 3 is 2.65 bits per heavy atom.